The maximum atomic E-state index is 4.57. The first-order valence-electron chi connectivity index (χ1n) is 8.37. The molecule has 0 atom stereocenters. The van der Waals surface area contributed by atoms with E-state index in [1.807, 2.05) is 49.2 Å². The van der Waals surface area contributed by atoms with E-state index in [1.54, 1.807) is 0 Å². The number of benzene rings is 1. The first-order valence-corrected chi connectivity index (χ1v) is 8.37. The lowest BCUT2D eigenvalue weighted by Crippen LogP contribution is -2.07. The number of imidazole rings is 1. The molecule has 5 nitrogen and oxygen atoms in total. The van der Waals surface area contributed by atoms with Crippen LogP contribution in [-0.2, 0) is 13.0 Å². The van der Waals surface area contributed by atoms with Crippen LogP contribution in [0.2, 0.25) is 0 Å². The summed E-state index contributed by atoms with van der Waals surface area (Å²) < 4.78 is 2.15. The largest absolute Gasteiger partial charge is 0.368 e. The molecule has 4 rings (SSSR count). The fraction of sp³-hybridized carbons (Fsp3) is 0.150. The highest BCUT2D eigenvalue weighted by Gasteiger charge is 2.08. The number of hydrogen-bond acceptors (Lipinski definition) is 4. The monoisotopic (exact) mass is 329 g/mol. The van der Waals surface area contributed by atoms with Crippen molar-refractivity contribution in [2.45, 2.75) is 13.0 Å². The van der Waals surface area contributed by atoms with Gasteiger partial charge < -0.3 is 9.88 Å². The van der Waals surface area contributed by atoms with Crippen LogP contribution in [-0.4, -0.2) is 26.1 Å². The molecule has 4 aromatic rings. The third kappa shape index (κ3) is 3.50. The quantitative estimate of drug-likeness (QED) is 0.588. The van der Waals surface area contributed by atoms with Gasteiger partial charge in [-0.1, -0.05) is 30.3 Å². The smallest absolute Gasteiger partial charge is 0.154 e. The zero-order valence-electron chi connectivity index (χ0n) is 13.8. The van der Waals surface area contributed by atoms with Gasteiger partial charge in [0.05, 0.1) is 11.8 Å². The van der Waals surface area contributed by atoms with Crippen LogP contribution in [0.1, 0.15) is 11.1 Å². The van der Waals surface area contributed by atoms with Crippen LogP contribution in [0.5, 0.6) is 0 Å². The molecule has 0 unspecified atom stereocenters. The van der Waals surface area contributed by atoms with Crippen molar-refractivity contribution >= 4 is 16.9 Å². The number of fused-ring (bicyclic) bond motifs is 1. The Morgan fingerprint density at radius 3 is 2.52 bits per heavy atom. The van der Waals surface area contributed by atoms with E-state index >= 15 is 0 Å². The summed E-state index contributed by atoms with van der Waals surface area (Å²) in [6, 6.07) is 16.5. The molecule has 5 heteroatoms. The first-order chi connectivity index (χ1) is 12.4. The Kier molecular flexibility index (Phi) is 4.37. The number of rotatable bonds is 6. The second kappa shape index (κ2) is 7.13. The predicted octanol–water partition coefficient (Wildman–Crippen LogP) is 3.53. The zero-order valence-corrected chi connectivity index (χ0v) is 13.8. The fourth-order valence-electron chi connectivity index (χ4n) is 2.90. The van der Waals surface area contributed by atoms with Gasteiger partial charge in [0.25, 0.3) is 0 Å². The van der Waals surface area contributed by atoms with Gasteiger partial charge in [-0.25, -0.2) is 9.97 Å². The summed E-state index contributed by atoms with van der Waals surface area (Å²) in [5, 5.41) is 3.41. The lowest BCUT2D eigenvalue weighted by Gasteiger charge is -2.08. The van der Waals surface area contributed by atoms with E-state index in [2.05, 4.69) is 49.1 Å². The number of hydrogen-bond donors (Lipinski definition) is 1. The summed E-state index contributed by atoms with van der Waals surface area (Å²) >= 11 is 0. The van der Waals surface area contributed by atoms with Gasteiger partial charge in [-0.2, -0.15) is 0 Å². The van der Waals surface area contributed by atoms with Gasteiger partial charge in [0.2, 0.25) is 0 Å². The molecule has 0 saturated heterocycles. The lowest BCUT2D eigenvalue weighted by atomic mass is 10.2. The van der Waals surface area contributed by atoms with E-state index < -0.39 is 0 Å². The summed E-state index contributed by atoms with van der Waals surface area (Å²) in [6.07, 6.45) is 8.28. The highest BCUT2D eigenvalue weighted by atomic mass is 15.1. The average molecular weight is 329 g/mol. The van der Waals surface area contributed by atoms with Crippen LogP contribution in [0.25, 0.3) is 11.0 Å². The van der Waals surface area contributed by atoms with Crippen molar-refractivity contribution < 1.29 is 0 Å². The SMILES string of the molecule is c1ccc(Cn2cnc3c(NCCc4ccncc4)nccc32)cc1. The molecule has 0 aliphatic carbocycles. The molecule has 0 saturated carbocycles. The molecule has 25 heavy (non-hydrogen) atoms. The molecule has 0 spiro atoms. The molecule has 1 aromatic carbocycles. The Labute approximate surface area is 146 Å². The zero-order chi connectivity index (χ0) is 16.9. The molecule has 0 aliphatic rings. The molecule has 0 aliphatic heterocycles. The van der Waals surface area contributed by atoms with E-state index in [-0.39, 0.29) is 0 Å². The number of nitrogens with one attached hydrogen (secondary N) is 1. The Hall–Kier alpha value is -3.21. The standard InChI is InChI=1S/C20H19N5/c1-2-4-17(5-3-1)14-25-15-24-19-18(25)9-13-23-20(19)22-12-8-16-6-10-21-11-7-16/h1-7,9-11,13,15H,8,12,14H2,(H,22,23). The van der Waals surface area contributed by atoms with E-state index in [4.69, 9.17) is 0 Å². The Bertz CT molecular complexity index is 948. The van der Waals surface area contributed by atoms with E-state index in [9.17, 15) is 0 Å². The summed E-state index contributed by atoms with van der Waals surface area (Å²) in [7, 11) is 0. The minimum Gasteiger partial charge on any atom is -0.368 e. The minimum absolute atomic E-state index is 0.803. The Morgan fingerprint density at radius 1 is 0.840 bits per heavy atom. The molecule has 0 fully saturated rings. The maximum Gasteiger partial charge on any atom is 0.154 e. The minimum atomic E-state index is 0.803. The van der Waals surface area contributed by atoms with Gasteiger partial charge >= 0.3 is 0 Å². The molecular formula is C20H19N5. The Balaban J connectivity index is 1.50. The van der Waals surface area contributed by atoms with Crippen molar-refractivity contribution in [3.63, 3.8) is 0 Å². The van der Waals surface area contributed by atoms with Crippen LogP contribution < -0.4 is 5.32 Å². The van der Waals surface area contributed by atoms with Gasteiger partial charge in [-0.15, -0.1) is 0 Å². The normalized spacial score (nSPS) is 10.9. The highest BCUT2D eigenvalue weighted by molar-refractivity contribution is 5.85. The third-order valence-corrected chi connectivity index (χ3v) is 4.19. The van der Waals surface area contributed by atoms with E-state index in [0.717, 1.165) is 36.4 Å². The first kappa shape index (κ1) is 15.3. The summed E-state index contributed by atoms with van der Waals surface area (Å²) in [5.41, 5.74) is 4.51. The van der Waals surface area contributed by atoms with Crippen molar-refractivity contribution in [2.75, 3.05) is 11.9 Å². The van der Waals surface area contributed by atoms with Gasteiger partial charge in [-0.3, -0.25) is 4.98 Å². The summed E-state index contributed by atoms with van der Waals surface area (Å²) in [6.45, 7) is 1.61. The number of aromatic nitrogens is 4. The van der Waals surface area contributed by atoms with Crippen LogP contribution >= 0.6 is 0 Å². The number of pyridine rings is 2. The van der Waals surface area contributed by atoms with Crippen LogP contribution in [0.15, 0.2) is 73.4 Å². The molecular weight excluding hydrogens is 310 g/mol. The molecule has 0 bridgehead atoms. The second-order valence-electron chi connectivity index (χ2n) is 5.92. The average Bonchev–Trinajstić information content (AvgIpc) is 3.07. The molecule has 0 amide bonds. The third-order valence-electron chi connectivity index (χ3n) is 4.19. The maximum absolute atomic E-state index is 4.57. The number of anilines is 1. The van der Waals surface area contributed by atoms with Crippen molar-refractivity contribution in [3.8, 4) is 0 Å². The summed E-state index contributed by atoms with van der Waals surface area (Å²) in [5.74, 6) is 0.832. The van der Waals surface area contributed by atoms with Crippen LogP contribution in [0.4, 0.5) is 5.82 Å². The van der Waals surface area contributed by atoms with Crippen LogP contribution in [0.3, 0.4) is 0 Å². The van der Waals surface area contributed by atoms with Crippen molar-refractivity contribution in [2.24, 2.45) is 0 Å². The van der Waals surface area contributed by atoms with Crippen molar-refractivity contribution in [3.05, 3.63) is 84.6 Å². The van der Waals surface area contributed by atoms with E-state index in [0.29, 0.717) is 0 Å². The van der Waals surface area contributed by atoms with Gasteiger partial charge in [-0.05, 0) is 35.7 Å². The molecule has 3 aromatic heterocycles. The second-order valence-corrected chi connectivity index (χ2v) is 5.92. The van der Waals surface area contributed by atoms with E-state index in [1.165, 1.54) is 11.1 Å². The fourth-order valence-corrected chi connectivity index (χ4v) is 2.90. The van der Waals surface area contributed by atoms with Gasteiger partial charge in [0.1, 0.15) is 5.52 Å². The van der Waals surface area contributed by atoms with Crippen molar-refractivity contribution in [1.29, 1.82) is 0 Å². The Morgan fingerprint density at radius 2 is 1.68 bits per heavy atom. The highest BCUT2D eigenvalue weighted by Crippen LogP contribution is 2.20. The van der Waals surface area contributed by atoms with Gasteiger partial charge in [0, 0.05) is 31.7 Å². The summed E-state index contributed by atoms with van der Waals surface area (Å²) in [4.78, 5) is 13.1. The molecule has 0 radical (unpaired) electrons. The lowest BCUT2D eigenvalue weighted by molar-refractivity contribution is 0.824. The molecule has 124 valence electrons. The topological polar surface area (TPSA) is 55.6 Å². The number of nitrogens with zero attached hydrogens (tertiary/aromatic N) is 4. The van der Waals surface area contributed by atoms with Crippen LogP contribution in [0, 0.1) is 0 Å². The van der Waals surface area contributed by atoms with Crippen molar-refractivity contribution in [1.82, 2.24) is 19.5 Å². The predicted molar refractivity (Wildman–Crippen MR) is 99.5 cm³/mol. The molecule has 3 heterocycles. The molecule has 1 N–H and O–H groups in total. The van der Waals surface area contributed by atoms with Gasteiger partial charge in [0.15, 0.2) is 5.82 Å².